The van der Waals surface area contributed by atoms with Gasteiger partial charge in [0.2, 0.25) is 0 Å². The Labute approximate surface area is 122 Å². The molecule has 1 aromatic carbocycles. The Hall–Kier alpha value is -2.82. The van der Waals surface area contributed by atoms with Crippen molar-refractivity contribution in [3.63, 3.8) is 0 Å². The summed E-state index contributed by atoms with van der Waals surface area (Å²) in [5, 5.41) is 12.0. The monoisotopic (exact) mass is 283 g/mol. The molecule has 0 fully saturated rings. The van der Waals surface area contributed by atoms with Crippen molar-refractivity contribution in [2.75, 3.05) is 7.05 Å². The standard InChI is InChI=1S/C16H17N3O2/c1-3-19-11-13(6-9-15(19)17-2)16(21)18-10-12-4-7-14(20)8-5-12/h3-9,11,20H,1,10H2,2H3,(H,18,21). The summed E-state index contributed by atoms with van der Waals surface area (Å²) in [5.41, 5.74) is 2.17. The van der Waals surface area contributed by atoms with Crippen LogP contribution in [0.5, 0.6) is 5.75 Å². The fourth-order valence-electron chi connectivity index (χ4n) is 1.88. The SMILES string of the molecule is C=Cn1cc(C(=O)NCc2ccc(O)cc2)ccc1=NC. The Morgan fingerprint density at radius 1 is 1.33 bits per heavy atom. The van der Waals surface area contributed by atoms with E-state index in [9.17, 15) is 9.90 Å². The van der Waals surface area contributed by atoms with E-state index >= 15 is 0 Å². The number of aromatic nitrogens is 1. The van der Waals surface area contributed by atoms with E-state index in [2.05, 4.69) is 16.9 Å². The van der Waals surface area contributed by atoms with Crippen LogP contribution in [0.1, 0.15) is 15.9 Å². The van der Waals surface area contributed by atoms with Crippen LogP contribution in [0.15, 0.2) is 54.2 Å². The molecule has 0 aliphatic rings. The summed E-state index contributed by atoms with van der Waals surface area (Å²) in [6, 6.07) is 10.2. The minimum absolute atomic E-state index is 0.179. The van der Waals surface area contributed by atoms with Crippen LogP contribution < -0.4 is 10.8 Å². The van der Waals surface area contributed by atoms with Crippen LogP contribution in [0.4, 0.5) is 0 Å². The van der Waals surface area contributed by atoms with Gasteiger partial charge in [0.15, 0.2) is 0 Å². The van der Waals surface area contributed by atoms with Crippen LogP contribution in [0.2, 0.25) is 0 Å². The molecular formula is C16H17N3O2. The minimum Gasteiger partial charge on any atom is -0.508 e. The first-order valence-corrected chi connectivity index (χ1v) is 6.47. The summed E-state index contributed by atoms with van der Waals surface area (Å²) in [7, 11) is 1.68. The first-order valence-electron chi connectivity index (χ1n) is 6.47. The highest BCUT2D eigenvalue weighted by Gasteiger charge is 2.06. The van der Waals surface area contributed by atoms with Crippen molar-refractivity contribution in [2.45, 2.75) is 6.54 Å². The lowest BCUT2D eigenvalue weighted by molar-refractivity contribution is 0.0950. The highest BCUT2D eigenvalue weighted by molar-refractivity contribution is 5.93. The maximum absolute atomic E-state index is 12.1. The van der Waals surface area contributed by atoms with Gasteiger partial charge in [0.25, 0.3) is 5.91 Å². The lowest BCUT2D eigenvalue weighted by Crippen LogP contribution is -2.25. The van der Waals surface area contributed by atoms with Crippen molar-refractivity contribution in [3.05, 3.63) is 65.8 Å². The molecule has 0 aliphatic carbocycles. The molecule has 0 aliphatic heterocycles. The van der Waals surface area contributed by atoms with Gasteiger partial charge in [-0.2, -0.15) is 0 Å². The van der Waals surface area contributed by atoms with Crippen molar-refractivity contribution in [1.29, 1.82) is 0 Å². The minimum atomic E-state index is -0.179. The van der Waals surface area contributed by atoms with E-state index in [-0.39, 0.29) is 11.7 Å². The van der Waals surface area contributed by atoms with Crippen LogP contribution in [-0.2, 0) is 6.54 Å². The van der Waals surface area contributed by atoms with Crippen LogP contribution in [0.25, 0.3) is 6.20 Å². The lowest BCUT2D eigenvalue weighted by Gasteiger charge is -2.07. The van der Waals surface area contributed by atoms with E-state index < -0.39 is 0 Å². The number of phenols is 1. The number of benzene rings is 1. The van der Waals surface area contributed by atoms with Gasteiger partial charge in [-0.25, -0.2) is 0 Å². The van der Waals surface area contributed by atoms with Crippen molar-refractivity contribution in [3.8, 4) is 5.75 Å². The van der Waals surface area contributed by atoms with Gasteiger partial charge >= 0.3 is 0 Å². The van der Waals surface area contributed by atoms with Gasteiger partial charge in [-0.1, -0.05) is 18.7 Å². The van der Waals surface area contributed by atoms with Crippen LogP contribution >= 0.6 is 0 Å². The first-order chi connectivity index (χ1) is 10.1. The number of nitrogens with one attached hydrogen (secondary N) is 1. The smallest absolute Gasteiger partial charge is 0.253 e. The molecule has 21 heavy (non-hydrogen) atoms. The zero-order valence-corrected chi connectivity index (χ0v) is 11.8. The zero-order chi connectivity index (χ0) is 15.2. The second-order valence-corrected chi connectivity index (χ2v) is 4.44. The molecule has 108 valence electrons. The molecule has 1 heterocycles. The molecular weight excluding hydrogens is 266 g/mol. The molecule has 0 saturated carbocycles. The number of rotatable bonds is 4. The Morgan fingerprint density at radius 3 is 2.67 bits per heavy atom. The summed E-state index contributed by atoms with van der Waals surface area (Å²) in [6.07, 6.45) is 3.28. The van der Waals surface area contributed by atoms with Crippen LogP contribution in [0, 0.1) is 0 Å². The molecule has 0 radical (unpaired) electrons. The number of aromatic hydroxyl groups is 1. The van der Waals surface area contributed by atoms with E-state index in [0.717, 1.165) is 11.1 Å². The summed E-state index contributed by atoms with van der Waals surface area (Å²) in [5.74, 6) is 0.0253. The molecule has 5 heteroatoms. The normalized spacial score (nSPS) is 11.2. The number of pyridine rings is 1. The van der Waals surface area contributed by atoms with Gasteiger partial charge in [0, 0.05) is 26.0 Å². The van der Waals surface area contributed by atoms with Gasteiger partial charge in [0.05, 0.1) is 5.56 Å². The molecule has 2 rings (SSSR count). The Kier molecular flexibility index (Phi) is 4.56. The maximum Gasteiger partial charge on any atom is 0.253 e. The number of phenolic OH excluding ortho intramolecular Hbond substituents is 1. The second kappa shape index (κ2) is 6.56. The van der Waals surface area contributed by atoms with Crippen molar-refractivity contribution in [2.24, 2.45) is 4.99 Å². The van der Waals surface area contributed by atoms with Crippen LogP contribution in [0.3, 0.4) is 0 Å². The third kappa shape index (κ3) is 3.60. The molecule has 2 N–H and O–H groups in total. The van der Waals surface area contributed by atoms with Gasteiger partial charge in [-0.05, 0) is 29.8 Å². The zero-order valence-electron chi connectivity index (χ0n) is 11.8. The topological polar surface area (TPSA) is 66.6 Å². The van der Waals surface area contributed by atoms with Gasteiger partial charge in [-0.15, -0.1) is 0 Å². The molecule has 1 aromatic heterocycles. The van der Waals surface area contributed by atoms with E-state index in [0.29, 0.717) is 12.1 Å². The molecule has 0 saturated heterocycles. The summed E-state index contributed by atoms with van der Waals surface area (Å²) >= 11 is 0. The maximum atomic E-state index is 12.1. The predicted molar refractivity (Wildman–Crippen MR) is 81.6 cm³/mol. The first kappa shape index (κ1) is 14.6. The Bertz CT molecular complexity index is 715. The van der Waals surface area contributed by atoms with E-state index in [4.69, 9.17) is 0 Å². The third-order valence-electron chi connectivity index (χ3n) is 3.03. The lowest BCUT2D eigenvalue weighted by atomic mass is 10.2. The highest BCUT2D eigenvalue weighted by atomic mass is 16.3. The van der Waals surface area contributed by atoms with E-state index in [1.807, 2.05) is 0 Å². The quantitative estimate of drug-likeness (QED) is 0.897. The van der Waals surface area contributed by atoms with Crippen LogP contribution in [-0.4, -0.2) is 22.6 Å². The molecule has 1 amide bonds. The average Bonchev–Trinajstić information content (AvgIpc) is 2.53. The molecule has 5 nitrogen and oxygen atoms in total. The fourth-order valence-corrected chi connectivity index (χ4v) is 1.88. The fraction of sp³-hybridized carbons (Fsp3) is 0.125. The van der Waals surface area contributed by atoms with Gasteiger partial charge in [0.1, 0.15) is 11.2 Å². The number of nitrogens with zero attached hydrogens (tertiary/aromatic N) is 2. The summed E-state index contributed by atoms with van der Waals surface area (Å²) < 4.78 is 1.69. The van der Waals surface area contributed by atoms with Crippen molar-refractivity contribution >= 4 is 12.1 Å². The van der Waals surface area contributed by atoms with E-state index in [1.165, 1.54) is 0 Å². The second-order valence-electron chi connectivity index (χ2n) is 4.44. The highest BCUT2D eigenvalue weighted by Crippen LogP contribution is 2.09. The van der Waals surface area contributed by atoms with Gasteiger partial charge < -0.3 is 15.0 Å². The van der Waals surface area contributed by atoms with Crippen molar-refractivity contribution < 1.29 is 9.90 Å². The number of hydrogen-bond donors (Lipinski definition) is 2. The Morgan fingerprint density at radius 2 is 2.05 bits per heavy atom. The molecule has 0 spiro atoms. The van der Waals surface area contributed by atoms with Crippen molar-refractivity contribution in [1.82, 2.24) is 9.88 Å². The van der Waals surface area contributed by atoms with Gasteiger partial charge in [-0.3, -0.25) is 9.79 Å². The Balaban J connectivity index is 2.10. The molecule has 0 bridgehead atoms. The number of carbonyl (C=O) groups is 1. The molecule has 0 atom stereocenters. The predicted octanol–water partition coefficient (Wildman–Crippen LogP) is 1.75. The summed E-state index contributed by atoms with van der Waals surface area (Å²) in [4.78, 5) is 16.2. The molecule has 2 aromatic rings. The third-order valence-corrected chi connectivity index (χ3v) is 3.03. The number of amides is 1. The number of hydrogen-bond acceptors (Lipinski definition) is 3. The summed E-state index contributed by atoms with van der Waals surface area (Å²) in [6.45, 7) is 4.09. The largest absolute Gasteiger partial charge is 0.508 e. The molecule has 0 unspecified atom stereocenters. The van der Waals surface area contributed by atoms with E-state index in [1.54, 1.807) is 60.4 Å². The number of carbonyl (C=O) groups excluding carboxylic acids is 1. The average molecular weight is 283 g/mol.